The summed E-state index contributed by atoms with van der Waals surface area (Å²) in [6.45, 7) is 4.12. The van der Waals surface area contributed by atoms with E-state index in [9.17, 15) is 9.59 Å². The highest BCUT2D eigenvalue weighted by atomic mass is 32.1. The minimum absolute atomic E-state index is 0.0196. The minimum atomic E-state index is -0.427. The first-order chi connectivity index (χ1) is 16.0. The van der Waals surface area contributed by atoms with E-state index >= 15 is 0 Å². The Morgan fingerprint density at radius 3 is 2.48 bits per heavy atom. The monoisotopic (exact) mass is 461 g/mol. The van der Waals surface area contributed by atoms with Crippen LogP contribution < -0.4 is 20.9 Å². The van der Waals surface area contributed by atoms with E-state index in [1.165, 1.54) is 11.6 Å². The summed E-state index contributed by atoms with van der Waals surface area (Å²) >= 11 is 5.05. The van der Waals surface area contributed by atoms with E-state index in [1.807, 2.05) is 66.7 Å². The van der Waals surface area contributed by atoms with Crippen LogP contribution in [0.15, 0.2) is 72.8 Å². The van der Waals surface area contributed by atoms with Crippen molar-refractivity contribution in [1.82, 2.24) is 16.2 Å². The summed E-state index contributed by atoms with van der Waals surface area (Å²) in [5, 5.41) is 4.61. The number of hydrogen-bond acceptors (Lipinski definition) is 4. The molecule has 0 aliphatic heterocycles. The standard InChI is InChI=1S/C26H27N3O3S/c1-3-18(2)19-11-14-22(15-12-19)32-17-25(31)28-29-26(33)27-24(30)16-13-21-9-6-8-20-7-4-5-10-23(20)21/h4-16,18H,3,17H2,1-2H3,(H,28,31)(H2,27,29,30,33)/b16-13+. The SMILES string of the molecule is CCC(C)c1ccc(OCC(=O)NNC(=S)NC(=O)/C=C/c2cccc3ccccc23)cc1. The number of benzene rings is 3. The smallest absolute Gasteiger partial charge is 0.276 e. The molecule has 1 atom stereocenters. The predicted octanol–water partition coefficient (Wildman–Crippen LogP) is 4.47. The molecule has 0 aliphatic rings. The molecule has 1 unspecified atom stereocenters. The van der Waals surface area contributed by atoms with Gasteiger partial charge in [-0.1, -0.05) is 68.4 Å². The van der Waals surface area contributed by atoms with Crippen LogP contribution in [0.25, 0.3) is 16.8 Å². The maximum Gasteiger partial charge on any atom is 0.276 e. The third-order valence-electron chi connectivity index (χ3n) is 5.22. The van der Waals surface area contributed by atoms with E-state index < -0.39 is 11.8 Å². The van der Waals surface area contributed by atoms with Gasteiger partial charge < -0.3 is 4.74 Å². The number of hydrogen-bond donors (Lipinski definition) is 3. The van der Waals surface area contributed by atoms with Crippen LogP contribution in [0.1, 0.15) is 37.3 Å². The zero-order valence-electron chi connectivity index (χ0n) is 18.6. The highest BCUT2D eigenvalue weighted by molar-refractivity contribution is 7.80. The van der Waals surface area contributed by atoms with Crippen molar-refractivity contribution in [1.29, 1.82) is 0 Å². The van der Waals surface area contributed by atoms with Gasteiger partial charge in [-0.15, -0.1) is 0 Å². The molecule has 3 N–H and O–H groups in total. The van der Waals surface area contributed by atoms with E-state index in [0.717, 1.165) is 22.8 Å². The molecule has 0 fully saturated rings. The molecule has 0 spiro atoms. The molecule has 3 rings (SSSR count). The fraction of sp³-hybridized carbons (Fsp3) is 0.192. The number of nitrogens with one attached hydrogen (secondary N) is 3. The van der Waals surface area contributed by atoms with Gasteiger partial charge in [-0.25, -0.2) is 0 Å². The summed E-state index contributed by atoms with van der Waals surface area (Å²) in [6.07, 6.45) is 4.17. The molecular weight excluding hydrogens is 434 g/mol. The van der Waals surface area contributed by atoms with Crippen LogP contribution >= 0.6 is 12.2 Å². The Labute approximate surface area is 199 Å². The summed E-state index contributed by atoms with van der Waals surface area (Å²) < 4.78 is 5.48. The van der Waals surface area contributed by atoms with Crippen LogP contribution in [0.3, 0.4) is 0 Å². The first kappa shape index (κ1) is 23.9. The average molecular weight is 462 g/mol. The topological polar surface area (TPSA) is 79.5 Å². The molecule has 2 amide bonds. The second-order valence-electron chi connectivity index (χ2n) is 7.56. The van der Waals surface area contributed by atoms with E-state index in [1.54, 1.807) is 6.08 Å². The van der Waals surface area contributed by atoms with Gasteiger partial charge >= 0.3 is 0 Å². The zero-order valence-corrected chi connectivity index (χ0v) is 19.4. The molecule has 3 aromatic carbocycles. The first-order valence-electron chi connectivity index (χ1n) is 10.7. The number of rotatable bonds is 7. The van der Waals surface area contributed by atoms with Crippen molar-refractivity contribution in [3.05, 3.63) is 83.9 Å². The van der Waals surface area contributed by atoms with Crippen LogP contribution in [0.2, 0.25) is 0 Å². The molecule has 3 aromatic rings. The summed E-state index contributed by atoms with van der Waals surface area (Å²) in [7, 11) is 0. The quantitative estimate of drug-likeness (QED) is 0.275. The van der Waals surface area contributed by atoms with Gasteiger partial charge in [-0.3, -0.25) is 25.8 Å². The van der Waals surface area contributed by atoms with Gasteiger partial charge in [0.25, 0.3) is 5.91 Å². The fourth-order valence-electron chi connectivity index (χ4n) is 3.19. The molecule has 0 saturated heterocycles. The van der Waals surface area contributed by atoms with Gasteiger partial charge in [0.1, 0.15) is 5.75 Å². The Morgan fingerprint density at radius 1 is 1.00 bits per heavy atom. The molecule has 0 saturated carbocycles. The average Bonchev–Trinajstić information content (AvgIpc) is 2.84. The van der Waals surface area contributed by atoms with Gasteiger partial charge in [-0.2, -0.15) is 0 Å². The van der Waals surface area contributed by atoms with Crippen LogP contribution in [0.4, 0.5) is 0 Å². The van der Waals surface area contributed by atoms with E-state index in [0.29, 0.717) is 11.7 Å². The van der Waals surface area contributed by atoms with E-state index in [-0.39, 0.29) is 11.7 Å². The number of amides is 2. The molecule has 0 bridgehead atoms. The highest BCUT2D eigenvalue weighted by Crippen LogP contribution is 2.21. The van der Waals surface area contributed by atoms with Crippen LogP contribution in [-0.2, 0) is 9.59 Å². The maximum absolute atomic E-state index is 12.2. The van der Waals surface area contributed by atoms with Crippen molar-refractivity contribution in [2.45, 2.75) is 26.2 Å². The van der Waals surface area contributed by atoms with Gasteiger partial charge in [-0.05, 0) is 64.7 Å². The van der Waals surface area contributed by atoms with Gasteiger partial charge in [0.2, 0.25) is 5.91 Å². The zero-order chi connectivity index (χ0) is 23.6. The number of ether oxygens (including phenoxy) is 1. The third-order valence-corrected chi connectivity index (χ3v) is 5.43. The van der Waals surface area contributed by atoms with E-state index in [2.05, 4.69) is 30.0 Å². The Kier molecular flexibility index (Phi) is 8.55. The fourth-order valence-corrected chi connectivity index (χ4v) is 3.34. The lowest BCUT2D eigenvalue weighted by atomic mass is 9.99. The lowest BCUT2D eigenvalue weighted by Gasteiger charge is -2.12. The predicted molar refractivity (Wildman–Crippen MR) is 136 cm³/mol. The summed E-state index contributed by atoms with van der Waals surface area (Å²) in [4.78, 5) is 24.1. The van der Waals surface area contributed by atoms with E-state index in [4.69, 9.17) is 17.0 Å². The van der Waals surface area contributed by atoms with Crippen LogP contribution in [0.5, 0.6) is 5.75 Å². The lowest BCUT2D eigenvalue weighted by molar-refractivity contribution is -0.123. The molecule has 170 valence electrons. The normalized spacial score (nSPS) is 11.7. The van der Waals surface area contributed by atoms with Crippen molar-refractivity contribution in [3.8, 4) is 5.75 Å². The molecule has 0 aliphatic carbocycles. The van der Waals surface area contributed by atoms with Gasteiger partial charge in [0, 0.05) is 6.08 Å². The first-order valence-corrected chi connectivity index (χ1v) is 11.2. The Bertz CT molecular complexity index is 1150. The summed E-state index contributed by atoms with van der Waals surface area (Å²) in [5.41, 5.74) is 7.05. The molecule has 7 heteroatoms. The number of carbonyl (C=O) groups is 2. The summed E-state index contributed by atoms with van der Waals surface area (Å²) in [6, 6.07) is 21.5. The van der Waals surface area contributed by atoms with Crippen molar-refractivity contribution >= 4 is 46.0 Å². The highest BCUT2D eigenvalue weighted by Gasteiger charge is 2.07. The molecular formula is C26H27N3O3S. The summed E-state index contributed by atoms with van der Waals surface area (Å²) in [5.74, 6) is 0.243. The molecule has 33 heavy (non-hydrogen) atoms. The van der Waals surface area contributed by atoms with Crippen LogP contribution in [0, 0.1) is 0 Å². The molecule has 6 nitrogen and oxygen atoms in total. The minimum Gasteiger partial charge on any atom is -0.484 e. The Morgan fingerprint density at radius 2 is 1.73 bits per heavy atom. The largest absolute Gasteiger partial charge is 0.484 e. The Hall–Kier alpha value is -3.71. The van der Waals surface area contributed by atoms with Crippen molar-refractivity contribution in [2.75, 3.05) is 6.61 Å². The molecule has 0 aromatic heterocycles. The van der Waals surface area contributed by atoms with Crippen molar-refractivity contribution in [2.24, 2.45) is 0 Å². The third kappa shape index (κ3) is 7.15. The lowest BCUT2D eigenvalue weighted by Crippen LogP contribution is -2.49. The van der Waals surface area contributed by atoms with Crippen molar-refractivity contribution < 1.29 is 14.3 Å². The van der Waals surface area contributed by atoms with Crippen molar-refractivity contribution in [3.63, 3.8) is 0 Å². The molecule has 0 radical (unpaired) electrons. The Balaban J connectivity index is 1.41. The van der Waals surface area contributed by atoms with Gasteiger partial charge in [0.15, 0.2) is 11.7 Å². The second-order valence-corrected chi connectivity index (χ2v) is 7.97. The number of thiocarbonyl (C=S) groups is 1. The maximum atomic E-state index is 12.2. The number of hydrazine groups is 1. The van der Waals surface area contributed by atoms with Gasteiger partial charge in [0.05, 0.1) is 0 Å². The second kappa shape index (κ2) is 11.8. The number of fused-ring (bicyclic) bond motifs is 1. The molecule has 0 heterocycles. The number of carbonyl (C=O) groups excluding carboxylic acids is 2. The van der Waals surface area contributed by atoms with Crippen LogP contribution in [-0.4, -0.2) is 23.5 Å².